The van der Waals surface area contributed by atoms with Gasteiger partial charge in [-0.25, -0.2) is 9.48 Å². The SMILES string of the molecule is O=C(NC1(C(=O)O)CCOCC1)c1cnn(-c2ccc(Cl)cc2)c1. The van der Waals surface area contributed by atoms with Crippen molar-refractivity contribution in [2.75, 3.05) is 13.2 Å². The van der Waals surface area contributed by atoms with Gasteiger partial charge in [0, 0.05) is 37.3 Å². The number of hydrogen-bond donors (Lipinski definition) is 2. The molecule has 8 heteroatoms. The third kappa shape index (κ3) is 3.27. The number of nitrogens with zero attached hydrogens (tertiary/aromatic N) is 2. The van der Waals surface area contributed by atoms with E-state index in [0.29, 0.717) is 18.2 Å². The molecule has 1 aliphatic rings. The molecule has 1 aromatic carbocycles. The van der Waals surface area contributed by atoms with Crippen LogP contribution in [0.15, 0.2) is 36.7 Å². The molecule has 0 radical (unpaired) electrons. The predicted molar refractivity (Wildman–Crippen MR) is 86.5 cm³/mol. The Hall–Kier alpha value is -2.38. The summed E-state index contributed by atoms with van der Waals surface area (Å²) in [6, 6.07) is 6.99. The molecular weight excluding hydrogens is 334 g/mol. The van der Waals surface area contributed by atoms with Gasteiger partial charge in [0.15, 0.2) is 0 Å². The molecule has 0 saturated carbocycles. The largest absolute Gasteiger partial charge is 0.480 e. The number of carboxylic acid groups (broad SMARTS) is 1. The number of amides is 1. The van der Waals surface area contributed by atoms with Gasteiger partial charge in [0.05, 0.1) is 17.4 Å². The van der Waals surface area contributed by atoms with Gasteiger partial charge in [-0.2, -0.15) is 5.10 Å². The fraction of sp³-hybridized carbons (Fsp3) is 0.312. The van der Waals surface area contributed by atoms with Crippen molar-refractivity contribution in [2.45, 2.75) is 18.4 Å². The summed E-state index contributed by atoms with van der Waals surface area (Å²) in [4.78, 5) is 24.0. The lowest BCUT2D eigenvalue weighted by molar-refractivity contribution is -0.148. The molecule has 1 saturated heterocycles. The molecule has 0 unspecified atom stereocenters. The van der Waals surface area contributed by atoms with Crippen LogP contribution in [0.1, 0.15) is 23.2 Å². The average Bonchev–Trinajstić information content (AvgIpc) is 3.06. The number of benzene rings is 1. The Morgan fingerprint density at radius 1 is 1.25 bits per heavy atom. The number of rotatable bonds is 4. The number of carbonyl (C=O) groups is 2. The van der Waals surface area contributed by atoms with E-state index in [4.69, 9.17) is 16.3 Å². The number of carboxylic acids is 1. The Kier molecular flexibility index (Phi) is 4.55. The van der Waals surface area contributed by atoms with Gasteiger partial charge in [-0.3, -0.25) is 4.79 Å². The van der Waals surface area contributed by atoms with E-state index in [1.165, 1.54) is 10.9 Å². The second kappa shape index (κ2) is 6.62. The topological polar surface area (TPSA) is 93.5 Å². The average molecular weight is 350 g/mol. The van der Waals surface area contributed by atoms with E-state index in [2.05, 4.69) is 10.4 Å². The van der Waals surface area contributed by atoms with Crippen molar-refractivity contribution < 1.29 is 19.4 Å². The van der Waals surface area contributed by atoms with Gasteiger partial charge in [0.25, 0.3) is 5.91 Å². The van der Waals surface area contributed by atoms with Gasteiger partial charge < -0.3 is 15.2 Å². The highest BCUT2D eigenvalue weighted by Crippen LogP contribution is 2.22. The minimum Gasteiger partial charge on any atom is -0.480 e. The summed E-state index contributed by atoms with van der Waals surface area (Å²) in [5.41, 5.74) is -0.257. The normalized spacial score (nSPS) is 16.5. The number of halogens is 1. The lowest BCUT2D eigenvalue weighted by Gasteiger charge is -2.33. The number of ether oxygens (including phenoxy) is 1. The number of nitrogens with one attached hydrogen (secondary N) is 1. The van der Waals surface area contributed by atoms with Crippen molar-refractivity contribution in [3.05, 3.63) is 47.2 Å². The van der Waals surface area contributed by atoms with E-state index in [0.717, 1.165) is 5.69 Å². The van der Waals surface area contributed by atoms with Crippen LogP contribution in [-0.4, -0.2) is 45.5 Å². The zero-order chi connectivity index (χ0) is 17.2. The molecule has 2 N–H and O–H groups in total. The van der Waals surface area contributed by atoms with Crippen LogP contribution in [0, 0.1) is 0 Å². The van der Waals surface area contributed by atoms with Gasteiger partial charge in [-0.1, -0.05) is 11.6 Å². The number of carbonyl (C=O) groups excluding carboxylic acids is 1. The first-order valence-corrected chi connectivity index (χ1v) is 7.82. The molecule has 126 valence electrons. The van der Waals surface area contributed by atoms with Crippen LogP contribution in [0.25, 0.3) is 5.69 Å². The van der Waals surface area contributed by atoms with Crippen molar-refractivity contribution in [3.8, 4) is 5.69 Å². The van der Waals surface area contributed by atoms with Gasteiger partial charge >= 0.3 is 5.97 Å². The first kappa shape index (κ1) is 16.5. The van der Waals surface area contributed by atoms with Gasteiger partial charge in [0.1, 0.15) is 5.54 Å². The Bertz CT molecular complexity index is 751. The lowest BCUT2D eigenvalue weighted by Crippen LogP contribution is -2.57. The molecule has 7 nitrogen and oxygen atoms in total. The van der Waals surface area contributed by atoms with Gasteiger partial charge in [0.2, 0.25) is 0 Å². The first-order valence-electron chi connectivity index (χ1n) is 7.44. The number of aromatic nitrogens is 2. The molecule has 2 aromatic rings. The van der Waals surface area contributed by atoms with Crippen LogP contribution in [0.5, 0.6) is 0 Å². The predicted octanol–water partition coefficient (Wildman–Crippen LogP) is 1.89. The molecule has 1 aliphatic heterocycles. The minimum atomic E-state index is -1.29. The summed E-state index contributed by atoms with van der Waals surface area (Å²) in [5, 5.41) is 16.9. The van der Waals surface area contributed by atoms with Crippen molar-refractivity contribution in [2.24, 2.45) is 0 Å². The van der Waals surface area contributed by atoms with Crippen LogP contribution in [0.4, 0.5) is 0 Å². The first-order chi connectivity index (χ1) is 11.5. The van der Waals surface area contributed by atoms with Gasteiger partial charge in [-0.05, 0) is 24.3 Å². The Morgan fingerprint density at radius 3 is 2.54 bits per heavy atom. The summed E-state index contributed by atoms with van der Waals surface area (Å²) in [5.74, 6) is -1.52. The molecular formula is C16H16ClN3O4. The number of aliphatic carboxylic acids is 1. The molecule has 0 aliphatic carbocycles. The number of hydrogen-bond acceptors (Lipinski definition) is 4. The molecule has 1 fully saturated rings. The van der Waals surface area contributed by atoms with E-state index in [1.807, 2.05) is 0 Å². The van der Waals surface area contributed by atoms with Crippen LogP contribution in [0.3, 0.4) is 0 Å². The molecule has 3 rings (SSSR count). The minimum absolute atomic E-state index is 0.236. The maximum atomic E-state index is 12.4. The highest BCUT2D eigenvalue weighted by atomic mass is 35.5. The smallest absolute Gasteiger partial charge is 0.329 e. The van der Waals surface area contributed by atoms with E-state index in [9.17, 15) is 14.7 Å². The summed E-state index contributed by atoms with van der Waals surface area (Å²) >= 11 is 5.85. The molecule has 1 amide bonds. The maximum absolute atomic E-state index is 12.4. The fourth-order valence-corrected chi connectivity index (χ4v) is 2.70. The van der Waals surface area contributed by atoms with Crippen molar-refractivity contribution in [1.82, 2.24) is 15.1 Å². The van der Waals surface area contributed by atoms with E-state index < -0.39 is 17.4 Å². The third-order valence-corrected chi connectivity index (χ3v) is 4.30. The van der Waals surface area contributed by atoms with E-state index >= 15 is 0 Å². The third-order valence-electron chi connectivity index (χ3n) is 4.04. The van der Waals surface area contributed by atoms with Crippen LogP contribution in [-0.2, 0) is 9.53 Å². The van der Waals surface area contributed by atoms with Crippen LogP contribution < -0.4 is 5.32 Å². The quantitative estimate of drug-likeness (QED) is 0.879. The summed E-state index contributed by atoms with van der Waals surface area (Å²) < 4.78 is 6.72. The van der Waals surface area contributed by atoms with Crippen molar-refractivity contribution in [1.29, 1.82) is 0 Å². The molecule has 0 bridgehead atoms. The highest BCUT2D eigenvalue weighted by molar-refractivity contribution is 6.30. The van der Waals surface area contributed by atoms with E-state index in [-0.39, 0.29) is 18.4 Å². The second-order valence-electron chi connectivity index (χ2n) is 5.60. The Morgan fingerprint density at radius 2 is 1.92 bits per heavy atom. The van der Waals surface area contributed by atoms with Gasteiger partial charge in [-0.15, -0.1) is 0 Å². The molecule has 0 spiro atoms. The summed E-state index contributed by atoms with van der Waals surface area (Å²) in [7, 11) is 0. The van der Waals surface area contributed by atoms with E-state index in [1.54, 1.807) is 30.5 Å². The summed E-state index contributed by atoms with van der Waals surface area (Å²) in [6.07, 6.45) is 3.42. The zero-order valence-corrected chi connectivity index (χ0v) is 13.5. The standard InChI is InChI=1S/C16H16ClN3O4/c17-12-1-3-13(4-2-12)20-10-11(9-18-20)14(21)19-16(15(22)23)5-7-24-8-6-16/h1-4,9-10H,5-8H2,(H,19,21)(H,22,23). The lowest BCUT2D eigenvalue weighted by atomic mass is 9.90. The molecule has 2 heterocycles. The molecule has 1 aromatic heterocycles. The van der Waals surface area contributed by atoms with Crippen LogP contribution in [0.2, 0.25) is 5.02 Å². The zero-order valence-electron chi connectivity index (χ0n) is 12.7. The molecule has 0 atom stereocenters. The van der Waals surface area contributed by atoms with Crippen molar-refractivity contribution in [3.63, 3.8) is 0 Å². The fourth-order valence-electron chi connectivity index (χ4n) is 2.58. The maximum Gasteiger partial charge on any atom is 0.329 e. The van der Waals surface area contributed by atoms with Crippen molar-refractivity contribution >= 4 is 23.5 Å². The highest BCUT2D eigenvalue weighted by Gasteiger charge is 2.41. The monoisotopic (exact) mass is 349 g/mol. The molecule has 24 heavy (non-hydrogen) atoms. The summed E-state index contributed by atoms with van der Waals surface area (Å²) in [6.45, 7) is 0.604. The van der Waals surface area contributed by atoms with Crippen LogP contribution >= 0.6 is 11.6 Å². The Labute approximate surface area is 143 Å². The second-order valence-corrected chi connectivity index (χ2v) is 6.04. The Balaban J connectivity index is 1.78.